The first-order valence-electron chi connectivity index (χ1n) is 7.53. The zero-order chi connectivity index (χ0) is 13.7. The summed E-state index contributed by atoms with van der Waals surface area (Å²) in [4.78, 5) is 6.29. The van der Waals surface area contributed by atoms with E-state index in [1.807, 2.05) is 18.4 Å². The smallest absolute Gasteiger partial charge is 0.125 e. The average Bonchev–Trinajstić information content (AvgIpc) is 2.84. The first-order chi connectivity index (χ1) is 9.25. The third-order valence-electron chi connectivity index (χ3n) is 3.92. The van der Waals surface area contributed by atoms with Gasteiger partial charge in [0.2, 0.25) is 0 Å². The standard InChI is InChI=1S/C15H26N2OS/c1-4-12-13(11-16-3)19-14(17-12)15(18-5-2)9-7-6-8-10-15/h16H,4-11H2,1-3H3. The molecule has 0 saturated heterocycles. The fourth-order valence-electron chi connectivity index (χ4n) is 2.97. The Hall–Kier alpha value is -0.450. The van der Waals surface area contributed by atoms with Crippen LogP contribution in [0.1, 0.15) is 61.5 Å². The molecule has 4 heteroatoms. The maximum absolute atomic E-state index is 6.17. The van der Waals surface area contributed by atoms with Gasteiger partial charge in [-0.05, 0) is 33.2 Å². The molecule has 0 aliphatic heterocycles. The van der Waals surface area contributed by atoms with Crippen molar-refractivity contribution >= 4 is 11.3 Å². The first kappa shape index (κ1) is 14.9. The number of hydrogen-bond acceptors (Lipinski definition) is 4. The van der Waals surface area contributed by atoms with Crippen molar-refractivity contribution in [2.75, 3.05) is 13.7 Å². The molecule has 1 N–H and O–H groups in total. The van der Waals surface area contributed by atoms with E-state index in [0.717, 1.165) is 32.4 Å². The Balaban J connectivity index is 2.30. The zero-order valence-electron chi connectivity index (χ0n) is 12.4. The maximum Gasteiger partial charge on any atom is 0.125 e. The normalized spacial score (nSPS) is 18.7. The molecule has 1 saturated carbocycles. The Morgan fingerprint density at radius 3 is 2.58 bits per heavy atom. The number of thiazole rings is 1. The van der Waals surface area contributed by atoms with Crippen LogP contribution in [0.4, 0.5) is 0 Å². The van der Waals surface area contributed by atoms with Gasteiger partial charge in [0.05, 0.1) is 5.69 Å². The summed E-state index contributed by atoms with van der Waals surface area (Å²) in [7, 11) is 2.00. The molecule has 0 spiro atoms. The largest absolute Gasteiger partial charge is 0.368 e. The van der Waals surface area contributed by atoms with Gasteiger partial charge in [0.25, 0.3) is 0 Å². The molecule has 108 valence electrons. The van der Waals surface area contributed by atoms with Crippen LogP contribution in [-0.2, 0) is 23.3 Å². The molecular formula is C15H26N2OS. The Morgan fingerprint density at radius 2 is 2.00 bits per heavy atom. The highest BCUT2D eigenvalue weighted by Gasteiger charge is 2.38. The summed E-state index contributed by atoms with van der Waals surface area (Å²) in [6.45, 7) is 5.98. The quantitative estimate of drug-likeness (QED) is 0.865. The SMILES string of the molecule is CCOC1(c2nc(CC)c(CNC)s2)CCCCC1. The van der Waals surface area contributed by atoms with E-state index in [4.69, 9.17) is 9.72 Å². The van der Waals surface area contributed by atoms with E-state index in [2.05, 4.69) is 19.2 Å². The third-order valence-corrected chi connectivity index (χ3v) is 5.21. The van der Waals surface area contributed by atoms with Crippen molar-refractivity contribution in [3.8, 4) is 0 Å². The van der Waals surface area contributed by atoms with Crippen LogP contribution in [0.2, 0.25) is 0 Å². The summed E-state index contributed by atoms with van der Waals surface area (Å²) < 4.78 is 6.17. The number of rotatable bonds is 6. The van der Waals surface area contributed by atoms with Crippen LogP contribution in [0.25, 0.3) is 0 Å². The summed E-state index contributed by atoms with van der Waals surface area (Å²) in [5.74, 6) is 0. The van der Waals surface area contributed by atoms with Crippen molar-refractivity contribution in [3.05, 3.63) is 15.6 Å². The molecule has 1 fully saturated rings. The van der Waals surface area contributed by atoms with E-state index in [9.17, 15) is 0 Å². The second-order valence-corrected chi connectivity index (χ2v) is 6.34. The van der Waals surface area contributed by atoms with Gasteiger partial charge in [0.15, 0.2) is 0 Å². The van der Waals surface area contributed by atoms with Crippen LogP contribution in [0, 0.1) is 0 Å². The molecule has 3 nitrogen and oxygen atoms in total. The molecule has 0 unspecified atom stereocenters. The number of nitrogens with one attached hydrogen (secondary N) is 1. The Morgan fingerprint density at radius 1 is 1.26 bits per heavy atom. The Kier molecular flexibility index (Phi) is 5.37. The summed E-state index contributed by atoms with van der Waals surface area (Å²) in [6.07, 6.45) is 7.15. The predicted octanol–water partition coefficient (Wildman–Crippen LogP) is 3.62. The molecule has 0 atom stereocenters. The minimum Gasteiger partial charge on any atom is -0.368 e. The van der Waals surface area contributed by atoms with Gasteiger partial charge >= 0.3 is 0 Å². The molecule has 2 rings (SSSR count). The van der Waals surface area contributed by atoms with Crippen LogP contribution >= 0.6 is 11.3 Å². The van der Waals surface area contributed by atoms with Gasteiger partial charge in [0, 0.05) is 18.0 Å². The fourth-order valence-corrected chi connectivity index (χ4v) is 4.33. The van der Waals surface area contributed by atoms with Crippen molar-refractivity contribution in [1.82, 2.24) is 10.3 Å². The zero-order valence-corrected chi connectivity index (χ0v) is 13.2. The minimum atomic E-state index is -0.0897. The van der Waals surface area contributed by atoms with E-state index in [1.165, 1.54) is 34.8 Å². The van der Waals surface area contributed by atoms with Gasteiger partial charge < -0.3 is 10.1 Å². The van der Waals surface area contributed by atoms with Crippen LogP contribution in [0.5, 0.6) is 0 Å². The van der Waals surface area contributed by atoms with Crippen molar-refractivity contribution in [3.63, 3.8) is 0 Å². The van der Waals surface area contributed by atoms with Crippen LogP contribution in [0.15, 0.2) is 0 Å². The van der Waals surface area contributed by atoms with Gasteiger partial charge in [-0.15, -0.1) is 11.3 Å². The average molecular weight is 282 g/mol. The van der Waals surface area contributed by atoms with Gasteiger partial charge in [-0.25, -0.2) is 4.98 Å². The highest BCUT2D eigenvalue weighted by molar-refractivity contribution is 7.11. The van der Waals surface area contributed by atoms with E-state index < -0.39 is 0 Å². The van der Waals surface area contributed by atoms with Crippen molar-refractivity contribution < 1.29 is 4.74 Å². The van der Waals surface area contributed by atoms with Gasteiger partial charge in [-0.1, -0.05) is 26.2 Å². The lowest BCUT2D eigenvalue weighted by Crippen LogP contribution is -2.32. The van der Waals surface area contributed by atoms with E-state index in [-0.39, 0.29) is 5.60 Å². The van der Waals surface area contributed by atoms with E-state index in [0.29, 0.717) is 0 Å². The number of aromatic nitrogens is 1. The number of hydrogen-bond donors (Lipinski definition) is 1. The van der Waals surface area contributed by atoms with E-state index >= 15 is 0 Å². The van der Waals surface area contributed by atoms with E-state index in [1.54, 1.807) is 0 Å². The van der Waals surface area contributed by atoms with Crippen LogP contribution in [0.3, 0.4) is 0 Å². The molecule has 0 aromatic carbocycles. The topological polar surface area (TPSA) is 34.1 Å². The molecule has 0 bridgehead atoms. The van der Waals surface area contributed by atoms with Crippen molar-refractivity contribution in [2.24, 2.45) is 0 Å². The molecule has 1 aliphatic carbocycles. The second-order valence-electron chi connectivity index (χ2n) is 5.26. The summed E-state index contributed by atoms with van der Waals surface area (Å²) in [6, 6.07) is 0. The van der Waals surface area contributed by atoms with Gasteiger partial charge in [0.1, 0.15) is 10.6 Å². The number of aryl methyl sites for hydroxylation is 1. The monoisotopic (exact) mass is 282 g/mol. The van der Waals surface area contributed by atoms with Gasteiger partial charge in [-0.3, -0.25) is 0 Å². The summed E-state index contributed by atoms with van der Waals surface area (Å²) >= 11 is 1.86. The number of nitrogens with zero attached hydrogens (tertiary/aromatic N) is 1. The second kappa shape index (κ2) is 6.82. The molecule has 1 aliphatic rings. The third kappa shape index (κ3) is 3.18. The van der Waals surface area contributed by atoms with Crippen LogP contribution in [-0.4, -0.2) is 18.6 Å². The maximum atomic E-state index is 6.17. The highest BCUT2D eigenvalue weighted by atomic mass is 32.1. The lowest BCUT2D eigenvalue weighted by atomic mass is 9.85. The first-order valence-corrected chi connectivity index (χ1v) is 8.35. The fraction of sp³-hybridized carbons (Fsp3) is 0.800. The molecular weight excluding hydrogens is 256 g/mol. The highest BCUT2D eigenvalue weighted by Crippen LogP contribution is 2.42. The Labute approximate surface area is 120 Å². The molecule has 1 aromatic rings. The lowest BCUT2D eigenvalue weighted by Gasteiger charge is -2.35. The minimum absolute atomic E-state index is 0.0897. The summed E-state index contributed by atoms with van der Waals surface area (Å²) in [5.41, 5.74) is 1.16. The molecule has 0 radical (unpaired) electrons. The molecule has 1 heterocycles. The molecule has 0 amide bonds. The lowest BCUT2D eigenvalue weighted by molar-refractivity contribution is -0.0705. The summed E-state index contributed by atoms with van der Waals surface area (Å²) in [5, 5.41) is 4.47. The van der Waals surface area contributed by atoms with Gasteiger partial charge in [-0.2, -0.15) is 0 Å². The molecule has 1 aromatic heterocycles. The predicted molar refractivity (Wildman–Crippen MR) is 80.6 cm³/mol. The van der Waals surface area contributed by atoms with Crippen molar-refractivity contribution in [2.45, 2.75) is 64.5 Å². The Bertz CT molecular complexity index is 391. The molecule has 19 heavy (non-hydrogen) atoms. The van der Waals surface area contributed by atoms with Crippen molar-refractivity contribution in [1.29, 1.82) is 0 Å². The van der Waals surface area contributed by atoms with Crippen LogP contribution < -0.4 is 5.32 Å². The number of ether oxygens (including phenoxy) is 1.